The van der Waals surface area contributed by atoms with Crippen LogP contribution in [0.2, 0.25) is 0 Å². The Labute approximate surface area is 135 Å². The van der Waals surface area contributed by atoms with Crippen LogP contribution in [0, 0.1) is 10.1 Å². The number of nitro benzene ring substituents is 1. The van der Waals surface area contributed by atoms with Gasteiger partial charge in [0, 0.05) is 17.7 Å². The van der Waals surface area contributed by atoms with Crippen molar-refractivity contribution in [2.75, 3.05) is 0 Å². The Morgan fingerprint density at radius 3 is 2.30 bits per heavy atom. The van der Waals surface area contributed by atoms with E-state index < -0.39 is 15.0 Å². The highest BCUT2D eigenvalue weighted by atomic mass is 32.2. The summed E-state index contributed by atoms with van der Waals surface area (Å²) in [6.45, 7) is 5.82. The number of para-hydroxylation sites is 1. The fourth-order valence-corrected chi connectivity index (χ4v) is 3.07. The molecule has 0 heterocycles. The van der Waals surface area contributed by atoms with E-state index in [0.717, 1.165) is 11.6 Å². The van der Waals surface area contributed by atoms with Crippen LogP contribution in [0.5, 0.6) is 5.75 Å². The third-order valence-corrected chi connectivity index (χ3v) is 4.44. The van der Waals surface area contributed by atoms with E-state index in [1.807, 2.05) is 20.8 Å². The molecule has 0 saturated heterocycles. The number of rotatable bonds is 4. The van der Waals surface area contributed by atoms with Crippen molar-refractivity contribution in [3.63, 3.8) is 0 Å². The minimum atomic E-state index is -4.16. The minimum absolute atomic E-state index is 0.214. The monoisotopic (exact) mass is 335 g/mol. The lowest BCUT2D eigenvalue weighted by atomic mass is 9.86. The van der Waals surface area contributed by atoms with Crippen LogP contribution >= 0.6 is 0 Å². The number of benzene rings is 2. The Morgan fingerprint density at radius 2 is 1.70 bits per heavy atom. The summed E-state index contributed by atoms with van der Waals surface area (Å²) in [6, 6.07) is 11.6. The van der Waals surface area contributed by atoms with Gasteiger partial charge < -0.3 is 4.18 Å². The van der Waals surface area contributed by atoms with Gasteiger partial charge in [-0.05, 0) is 17.5 Å². The van der Waals surface area contributed by atoms with E-state index in [2.05, 4.69) is 0 Å². The zero-order valence-electron chi connectivity index (χ0n) is 13.0. The van der Waals surface area contributed by atoms with Crippen LogP contribution in [0.15, 0.2) is 53.4 Å². The van der Waals surface area contributed by atoms with Crippen molar-refractivity contribution in [1.82, 2.24) is 0 Å². The van der Waals surface area contributed by atoms with Crippen LogP contribution in [0.1, 0.15) is 26.3 Å². The molecule has 0 fully saturated rings. The van der Waals surface area contributed by atoms with Crippen LogP contribution in [0.25, 0.3) is 0 Å². The highest BCUT2D eigenvalue weighted by Crippen LogP contribution is 2.33. The van der Waals surface area contributed by atoms with Crippen molar-refractivity contribution >= 4 is 15.8 Å². The molecule has 0 aromatic heterocycles. The number of hydrogen-bond donors (Lipinski definition) is 0. The van der Waals surface area contributed by atoms with Crippen molar-refractivity contribution < 1.29 is 17.5 Å². The van der Waals surface area contributed by atoms with Gasteiger partial charge in [-0.1, -0.05) is 45.0 Å². The topological polar surface area (TPSA) is 86.5 Å². The van der Waals surface area contributed by atoms with Gasteiger partial charge in [0.15, 0.2) is 0 Å². The lowest BCUT2D eigenvalue weighted by Crippen LogP contribution is -2.16. The third-order valence-electron chi connectivity index (χ3n) is 3.21. The van der Waals surface area contributed by atoms with Crippen LogP contribution in [0.4, 0.5) is 5.69 Å². The standard InChI is InChI=1S/C16H17NO5S/c1-16(2,3)14-9-4-5-10-15(14)22-23(20,21)13-8-6-7-12(11-13)17(18)19/h4-11H,1-3H3. The Morgan fingerprint density at radius 1 is 1.04 bits per heavy atom. The number of nitro groups is 1. The Bertz CT molecular complexity index is 838. The fourth-order valence-electron chi connectivity index (χ4n) is 2.08. The summed E-state index contributed by atoms with van der Waals surface area (Å²) in [5.74, 6) is 0.214. The van der Waals surface area contributed by atoms with Gasteiger partial charge in [-0.15, -0.1) is 0 Å². The fraction of sp³-hybridized carbons (Fsp3) is 0.250. The molecule has 0 spiro atoms. The average molecular weight is 335 g/mol. The minimum Gasteiger partial charge on any atom is -0.379 e. The van der Waals surface area contributed by atoms with E-state index in [0.29, 0.717) is 0 Å². The Balaban J connectivity index is 2.44. The van der Waals surface area contributed by atoms with E-state index in [1.54, 1.807) is 24.3 Å². The first-order valence-corrected chi connectivity index (χ1v) is 8.30. The van der Waals surface area contributed by atoms with Gasteiger partial charge >= 0.3 is 10.1 Å². The molecule has 2 aromatic rings. The van der Waals surface area contributed by atoms with E-state index in [1.165, 1.54) is 18.2 Å². The molecule has 0 radical (unpaired) electrons. The molecule has 122 valence electrons. The van der Waals surface area contributed by atoms with Crippen molar-refractivity contribution in [1.29, 1.82) is 0 Å². The number of hydrogen-bond acceptors (Lipinski definition) is 5. The van der Waals surface area contributed by atoms with Crippen molar-refractivity contribution in [2.45, 2.75) is 31.1 Å². The second-order valence-corrected chi connectivity index (χ2v) is 7.58. The summed E-state index contributed by atoms with van der Waals surface area (Å²) in [5.41, 5.74) is 0.113. The lowest BCUT2D eigenvalue weighted by molar-refractivity contribution is -0.385. The second kappa shape index (κ2) is 6.00. The number of nitrogens with zero attached hydrogens (tertiary/aromatic N) is 1. The highest BCUT2D eigenvalue weighted by molar-refractivity contribution is 7.87. The average Bonchev–Trinajstić information content (AvgIpc) is 2.46. The van der Waals surface area contributed by atoms with Gasteiger partial charge in [0.2, 0.25) is 0 Å². The predicted octanol–water partition coefficient (Wildman–Crippen LogP) is 3.66. The molecule has 0 saturated carbocycles. The summed E-state index contributed by atoms with van der Waals surface area (Å²) in [7, 11) is -4.16. The molecule has 0 N–H and O–H groups in total. The highest BCUT2D eigenvalue weighted by Gasteiger charge is 2.24. The first-order valence-electron chi connectivity index (χ1n) is 6.90. The molecule has 23 heavy (non-hydrogen) atoms. The van der Waals surface area contributed by atoms with Crippen molar-refractivity contribution in [3.8, 4) is 5.75 Å². The molecule has 0 atom stereocenters. The van der Waals surface area contributed by atoms with Gasteiger partial charge in [-0.3, -0.25) is 10.1 Å². The van der Waals surface area contributed by atoms with Gasteiger partial charge in [0.25, 0.3) is 5.69 Å². The molecule has 2 aromatic carbocycles. The quantitative estimate of drug-likeness (QED) is 0.483. The molecule has 0 unspecified atom stereocenters. The van der Waals surface area contributed by atoms with Crippen LogP contribution in [-0.2, 0) is 15.5 Å². The maximum Gasteiger partial charge on any atom is 0.339 e. The summed E-state index contributed by atoms with van der Waals surface area (Å²) >= 11 is 0. The van der Waals surface area contributed by atoms with E-state index in [4.69, 9.17) is 4.18 Å². The van der Waals surface area contributed by atoms with Crippen molar-refractivity contribution in [3.05, 3.63) is 64.2 Å². The second-order valence-electron chi connectivity index (χ2n) is 6.04. The van der Waals surface area contributed by atoms with E-state index in [9.17, 15) is 18.5 Å². The van der Waals surface area contributed by atoms with Crippen LogP contribution in [0.3, 0.4) is 0 Å². The van der Waals surface area contributed by atoms with E-state index >= 15 is 0 Å². The zero-order chi connectivity index (χ0) is 17.3. The Hall–Kier alpha value is -2.41. The maximum absolute atomic E-state index is 12.4. The normalized spacial score (nSPS) is 12.0. The first kappa shape index (κ1) is 17.0. The van der Waals surface area contributed by atoms with Gasteiger partial charge in [-0.2, -0.15) is 8.42 Å². The molecular weight excluding hydrogens is 318 g/mol. The predicted molar refractivity (Wildman–Crippen MR) is 86.1 cm³/mol. The largest absolute Gasteiger partial charge is 0.379 e. The molecule has 0 bridgehead atoms. The molecule has 0 amide bonds. The zero-order valence-corrected chi connectivity index (χ0v) is 13.8. The summed E-state index contributed by atoms with van der Waals surface area (Å²) < 4.78 is 30.1. The first-order chi connectivity index (χ1) is 10.6. The van der Waals surface area contributed by atoms with E-state index in [-0.39, 0.29) is 21.7 Å². The van der Waals surface area contributed by atoms with Gasteiger partial charge in [-0.25, -0.2) is 0 Å². The summed E-state index contributed by atoms with van der Waals surface area (Å²) in [6.07, 6.45) is 0. The molecule has 6 nitrogen and oxygen atoms in total. The van der Waals surface area contributed by atoms with Crippen LogP contribution < -0.4 is 4.18 Å². The third kappa shape index (κ3) is 3.87. The lowest BCUT2D eigenvalue weighted by Gasteiger charge is -2.22. The summed E-state index contributed by atoms with van der Waals surface area (Å²) in [4.78, 5) is 9.89. The Kier molecular flexibility index (Phi) is 4.42. The molecule has 0 aliphatic carbocycles. The molecular formula is C16H17NO5S. The summed E-state index contributed by atoms with van der Waals surface area (Å²) in [5, 5.41) is 10.8. The number of non-ortho nitro benzene ring substituents is 1. The smallest absolute Gasteiger partial charge is 0.339 e. The maximum atomic E-state index is 12.4. The molecule has 0 aliphatic rings. The molecule has 2 rings (SSSR count). The molecule has 0 aliphatic heterocycles. The SMILES string of the molecule is CC(C)(C)c1ccccc1OS(=O)(=O)c1cccc([N+](=O)[O-])c1. The van der Waals surface area contributed by atoms with Gasteiger partial charge in [0.1, 0.15) is 10.6 Å². The van der Waals surface area contributed by atoms with Gasteiger partial charge in [0.05, 0.1) is 4.92 Å². The molecule has 7 heteroatoms. The van der Waals surface area contributed by atoms with Crippen molar-refractivity contribution in [2.24, 2.45) is 0 Å². The van der Waals surface area contributed by atoms with Crippen LogP contribution in [-0.4, -0.2) is 13.3 Å².